The van der Waals surface area contributed by atoms with Crippen LogP contribution in [0.1, 0.15) is 18.1 Å². The summed E-state index contributed by atoms with van der Waals surface area (Å²) >= 11 is 24.4. The lowest BCUT2D eigenvalue weighted by Crippen LogP contribution is -2.04. The molecule has 3 aromatic rings. The number of aromatic hydroxyl groups is 1. The van der Waals surface area contributed by atoms with Gasteiger partial charge in [-0.05, 0) is 42.8 Å². The van der Waals surface area contributed by atoms with Gasteiger partial charge < -0.3 is 19.9 Å². The van der Waals surface area contributed by atoms with Crippen LogP contribution in [-0.4, -0.2) is 11.7 Å². The molecule has 3 aromatic carbocycles. The molecule has 164 valence electrons. The summed E-state index contributed by atoms with van der Waals surface area (Å²) in [6.45, 7) is 2.75. The number of nitrogens with one attached hydrogen (secondary N) is 1. The fraction of sp³-hybridized carbons (Fsp3) is 0.182. The largest absolute Gasteiger partial charge is 0.505 e. The Morgan fingerprint density at radius 3 is 2.13 bits per heavy atom. The molecule has 0 saturated carbocycles. The topological polar surface area (TPSA) is 50.7 Å². The van der Waals surface area contributed by atoms with Crippen LogP contribution in [0.25, 0.3) is 0 Å². The highest BCUT2D eigenvalue weighted by Crippen LogP contribution is 2.37. The molecule has 0 radical (unpaired) electrons. The summed E-state index contributed by atoms with van der Waals surface area (Å²) in [5.74, 6) is 0.351. The summed E-state index contributed by atoms with van der Waals surface area (Å²) in [5.41, 5.74) is 2.00. The molecular weight excluding hydrogens is 487 g/mol. The van der Waals surface area contributed by atoms with E-state index in [0.717, 1.165) is 5.56 Å². The van der Waals surface area contributed by atoms with Crippen molar-refractivity contribution in [1.82, 2.24) is 0 Å². The molecule has 0 saturated heterocycles. The highest BCUT2D eigenvalue weighted by atomic mass is 35.5. The van der Waals surface area contributed by atoms with Crippen molar-refractivity contribution in [2.45, 2.75) is 20.1 Å². The van der Waals surface area contributed by atoms with E-state index in [2.05, 4.69) is 5.32 Å². The third-order valence-corrected chi connectivity index (χ3v) is 5.59. The summed E-state index contributed by atoms with van der Waals surface area (Å²) in [5, 5.41) is 13.8. The molecule has 0 aromatic heterocycles. The third-order valence-electron chi connectivity index (χ3n) is 4.31. The first-order valence-corrected chi connectivity index (χ1v) is 10.7. The van der Waals surface area contributed by atoms with Gasteiger partial charge in [-0.3, -0.25) is 0 Å². The lowest BCUT2D eigenvalue weighted by molar-refractivity contribution is 0.269. The van der Waals surface area contributed by atoms with Crippen molar-refractivity contribution < 1.29 is 19.0 Å². The van der Waals surface area contributed by atoms with Crippen LogP contribution in [0.4, 0.5) is 10.1 Å². The highest BCUT2D eigenvalue weighted by Gasteiger charge is 2.13. The maximum absolute atomic E-state index is 13.2. The van der Waals surface area contributed by atoms with E-state index < -0.39 is 5.82 Å². The number of hydrogen-bond donors (Lipinski definition) is 2. The zero-order valence-corrected chi connectivity index (χ0v) is 19.3. The number of hydrogen-bond acceptors (Lipinski definition) is 4. The van der Waals surface area contributed by atoms with Crippen molar-refractivity contribution in [1.29, 1.82) is 0 Å². The standard InChI is InChI=1S/C22H18Cl4FNO3/c1-2-30-20-5-13(10-28-15-7-18(25)22(29)19(26)8-15)17(24)9-21(20)31-11-12-3-4-14(27)6-16(12)23/h3-9,28-29H,2,10-11H2,1H3. The van der Waals surface area contributed by atoms with E-state index in [-0.39, 0.29) is 27.4 Å². The maximum atomic E-state index is 13.2. The van der Waals surface area contributed by atoms with Crippen LogP contribution in [0, 0.1) is 5.82 Å². The van der Waals surface area contributed by atoms with Crippen LogP contribution in [0.15, 0.2) is 42.5 Å². The summed E-state index contributed by atoms with van der Waals surface area (Å²) < 4.78 is 24.8. The van der Waals surface area contributed by atoms with Crippen LogP contribution in [-0.2, 0) is 13.2 Å². The predicted molar refractivity (Wildman–Crippen MR) is 124 cm³/mol. The summed E-state index contributed by atoms with van der Waals surface area (Å²) in [4.78, 5) is 0. The first-order valence-electron chi connectivity index (χ1n) is 9.22. The Bertz CT molecular complexity index is 1070. The Kier molecular flexibility index (Phi) is 8.00. The summed E-state index contributed by atoms with van der Waals surface area (Å²) in [6.07, 6.45) is 0. The SMILES string of the molecule is CCOc1cc(CNc2cc(Cl)c(O)c(Cl)c2)c(Cl)cc1OCc1ccc(F)cc1Cl. The van der Waals surface area contributed by atoms with Crippen LogP contribution >= 0.6 is 46.4 Å². The van der Waals surface area contributed by atoms with Gasteiger partial charge in [0.05, 0.1) is 21.7 Å². The molecule has 0 aliphatic carbocycles. The van der Waals surface area contributed by atoms with E-state index in [9.17, 15) is 9.50 Å². The van der Waals surface area contributed by atoms with Gasteiger partial charge in [0, 0.05) is 28.9 Å². The van der Waals surface area contributed by atoms with Crippen molar-refractivity contribution in [2.75, 3.05) is 11.9 Å². The van der Waals surface area contributed by atoms with Crippen molar-refractivity contribution >= 4 is 52.1 Å². The molecule has 0 amide bonds. The number of phenols is 1. The fourth-order valence-corrected chi connectivity index (χ4v) is 3.68. The monoisotopic (exact) mass is 503 g/mol. The van der Waals surface area contributed by atoms with Crippen LogP contribution in [0.5, 0.6) is 17.2 Å². The average molecular weight is 505 g/mol. The lowest BCUT2D eigenvalue weighted by Gasteiger charge is -2.16. The van der Waals surface area contributed by atoms with Crippen molar-refractivity contribution in [3.05, 3.63) is 79.5 Å². The summed E-state index contributed by atoms with van der Waals surface area (Å²) in [6, 6.07) is 10.6. The Morgan fingerprint density at radius 2 is 1.48 bits per heavy atom. The smallest absolute Gasteiger partial charge is 0.163 e. The number of phenolic OH excluding ortho intramolecular Hbond substituents is 1. The molecule has 0 spiro atoms. The van der Waals surface area contributed by atoms with E-state index in [0.29, 0.717) is 40.9 Å². The molecule has 0 aliphatic heterocycles. The molecule has 3 rings (SSSR count). The van der Waals surface area contributed by atoms with Gasteiger partial charge in [0.25, 0.3) is 0 Å². The summed E-state index contributed by atoms with van der Waals surface area (Å²) in [7, 11) is 0. The minimum atomic E-state index is -0.417. The molecule has 0 aliphatic rings. The zero-order valence-electron chi connectivity index (χ0n) is 16.3. The molecule has 4 nitrogen and oxygen atoms in total. The highest BCUT2D eigenvalue weighted by molar-refractivity contribution is 6.37. The number of anilines is 1. The van der Waals surface area contributed by atoms with Crippen LogP contribution in [0.3, 0.4) is 0 Å². The molecule has 0 unspecified atom stereocenters. The molecule has 9 heteroatoms. The number of ether oxygens (including phenoxy) is 2. The van der Waals surface area contributed by atoms with Gasteiger partial charge in [-0.2, -0.15) is 0 Å². The van der Waals surface area contributed by atoms with Gasteiger partial charge in [-0.25, -0.2) is 4.39 Å². The Balaban J connectivity index is 1.78. The Morgan fingerprint density at radius 1 is 0.839 bits per heavy atom. The minimum absolute atomic E-state index is 0.123. The van der Waals surface area contributed by atoms with Gasteiger partial charge in [0.1, 0.15) is 12.4 Å². The second-order valence-corrected chi connectivity index (χ2v) is 8.12. The van der Waals surface area contributed by atoms with E-state index in [1.807, 2.05) is 6.92 Å². The normalized spacial score (nSPS) is 10.8. The van der Waals surface area contributed by atoms with Gasteiger partial charge >= 0.3 is 0 Å². The molecule has 0 fully saturated rings. The van der Waals surface area contributed by atoms with E-state index in [1.165, 1.54) is 12.1 Å². The Labute approximate surface area is 199 Å². The van der Waals surface area contributed by atoms with Gasteiger partial charge in [0.15, 0.2) is 17.2 Å². The first kappa shape index (κ1) is 23.6. The molecule has 0 heterocycles. The first-order chi connectivity index (χ1) is 14.8. The van der Waals surface area contributed by atoms with Crippen LogP contribution in [0.2, 0.25) is 20.1 Å². The van der Waals surface area contributed by atoms with Gasteiger partial charge in [-0.15, -0.1) is 0 Å². The minimum Gasteiger partial charge on any atom is -0.505 e. The third kappa shape index (κ3) is 6.01. The van der Waals surface area contributed by atoms with E-state index in [4.69, 9.17) is 55.9 Å². The van der Waals surface area contributed by atoms with Crippen molar-refractivity contribution in [3.63, 3.8) is 0 Å². The van der Waals surface area contributed by atoms with Crippen molar-refractivity contribution in [2.24, 2.45) is 0 Å². The zero-order chi connectivity index (χ0) is 22.5. The number of halogens is 5. The van der Waals surface area contributed by atoms with Gasteiger partial charge in [0.2, 0.25) is 0 Å². The second kappa shape index (κ2) is 10.5. The van der Waals surface area contributed by atoms with E-state index in [1.54, 1.807) is 30.3 Å². The maximum Gasteiger partial charge on any atom is 0.163 e. The molecular formula is C22H18Cl4FNO3. The van der Waals surface area contributed by atoms with Crippen LogP contribution < -0.4 is 14.8 Å². The van der Waals surface area contributed by atoms with Gasteiger partial charge in [-0.1, -0.05) is 52.5 Å². The molecule has 0 atom stereocenters. The number of rotatable bonds is 8. The molecule has 31 heavy (non-hydrogen) atoms. The quantitative estimate of drug-likeness (QED) is 0.308. The average Bonchev–Trinajstić information content (AvgIpc) is 2.72. The fourth-order valence-electron chi connectivity index (χ4n) is 2.75. The molecule has 0 bridgehead atoms. The Hall–Kier alpha value is -2.05. The number of benzene rings is 3. The van der Waals surface area contributed by atoms with E-state index >= 15 is 0 Å². The second-order valence-electron chi connectivity index (χ2n) is 6.49. The van der Waals surface area contributed by atoms with Crippen molar-refractivity contribution in [3.8, 4) is 17.2 Å². The lowest BCUT2D eigenvalue weighted by atomic mass is 10.2. The predicted octanol–water partition coefficient (Wildman–Crippen LogP) is 7.73. The molecule has 2 N–H and O–H groups in total.